The van der Waals surface area contributed by atoms with Crippen LogP contribution in [-0.4, -0.2) is 25.5 Å². The van der Waals surface area contributed by atoms with Gasteiger partial charge in [-0.1, -0.05) is 20.8 Å². The Bertz CT molecular complexity index is 260. The molecule has 0 aromatic heterocycles. The molecule has 92 valence electrons. The van der Waals surface area contributed by atoms with E-state index in [1.807, 2.05) is 20.8 Å². The summed E-state index contributed by atoms with van der Waals surface area (Å²) in [6, 6.07) is 0.148. The standard InChI is InChI=1S/C11H25NO2S/c1-5-11(12)7-6-8-15(13,14)10(4)9(2)3/h9-11H,5-8,12H2,1-4H3. The molecule has 2 N–H and O–H groups in total. The molecule has 0 aliphatic carbocycles. The molecule has 0 saturated heterocycles. The highest BCUT2D eigenvalue weighted by molar-refractivity contribution is 7.92. The van der Waals surface area contributed by atoms with Crippen LogP contribution in [0.1, 0.15) is 47.0 Å². The van der Waals surface area contributed by atoms with Crippen molar-refractivity contribution in [3.8, 4) is 0 Å². The summed E-state index contributed by atoms with van der Waals surface area (Å²) < 4.78 is 23.6. The fraction of sp³-hybridized carbons (Fsp3) is 1.00. The molecule has 0 saturated carbocycles. The Labute approximate surface area is 94.4 Å². The van der Waals surface area contributed by atoms with Crippen LogP contribution in [0, 0.1) is 5.92 Å². The summed E-state index contributed by atoms with van der Waals surface area (Å²) in [4.78, 5) is 0. The molecule has 0 aromatic carbocycles. The van der Waals surface area contributed by atoms with Crippen molar-refractivity contribution in [2.45, 2.75) is 58.2 Å². The topological polar surface area (TPSA) is 60.2 Å². The second-order valence-corrected chi connectivity index (χ2v) is 7.10. The SMILES string of the molecule is CCC(N)CCCS(=O)(=O)C(C)C(C)C. The lowest BCUT2D eigenvalue weighted by molar-refractivity contribution is 0.535. The lowest BCUT2D eigenvalue weighted by Crippen LogP contribution is -2.27. The number of nitrogens with two attached hydrogens (primary N) is 1. The fourth-order valence-corrected chi connectivity index (χ4v) is 3.12. The van der Waals surface area contributed by atoms with Crippen LogP contribution in [0.3, 0.4) is 0 Å². The van der Waals surface area contributed by atoms with E-state index in [2.05, 4.69) is 0 Å². The number of hydrogen-bond acceptors (Lipinski definition) is 3. The van der Waals surface area contributed by atoms with Crippen molar-refractivity contribution in [3.63, 3.8) is 0 Å². The molecule has 0 rings (SSSR count). The molecule has 4 heteroatoms. The maximum absolute atomic E-state index is 11.8. The normalized spacial score (nSPS) is 16.7. The molecular weight excluding hydrogens is 210 g/mol. The van der Waals surface area contributed by atoms with Gasteiger partial charge < -0.3 is 5.73 Å². The van der Waals surface area contributed by atoms with E-state index in [0.717, 1.165) is 12.8 Å². The summed E-state index contributed by atoms with van der Waals surface area (Å²) in [6.45, 7) is 7.70. The van der Waals surface area contributed by atoms with E-state index in [1.54, 1.807) is 6.92 Å². The van der Waals surface area contributed by atoms with Crippen LogP contribution in [0.25, 0.3) is 0 Å². The zero-order chi connectivity index (χ0) is 12.1. The van der Waals surface area contributed by atoms with Crippen molar-refractivity contribution < 1.29 is 8.42 Å². The third-order valence-electron chi connectivity index (χ3n) is 3.03. The van der Waals surface area contributed by atoms with Crippen LogP contribution in [0.4, 0.5) is 0 Å². The molecule has 0 aliphatic rings. The average molecular weight is 235 g/mol. The first-order valence-corrected chi connectivity index (χ1v) is 7.50. The first-order chi connectivity index (χ1) is 6.81. The Balaban J connectivity index is 4.06. The average Bonchev–Trinajstić information content (AvgIpc) is 2.15. The van der Waals surface area contributed by atoms with E-state index in [-0.39, 0.29) is 23.0 Å². The zero-order valence-corrected chi connectivity index (χ0v) is 11.2. The summed E-state index contributed by atoms with van der Waals surface area (Å²) in [5.74, 6) is 0.467. The summed E-state index contributed by atoms with van der Waals surface area (Å²) >= 11 is 0. The molecule has 0 aromatic rings. The molecule has 0 bridgehead atoms. The van der Waals surface area contributed by atoms with E-state index in [9.17, 15) is 8.42 Å². The number of sulfone groups is 1. The Kier molecular flexibility index (Phi) is 6.44. The van der Waals surface area contributed by atoms with Crippen molar-refractivity contribution >= 4 is 9.84 Å². The lowest BCUT2D eigenvalue weighted by atomic mass is 10.1. The van der Waals surface area contributed by atoms with Gasteiger partial charge in [-0.05, 0) is 32.1 Å². The van der Waals surface area contributed by atoms with Gasteiger partial charge in [0.05, 0.1) is 11.0 Å². The molecular formula is C11H25NO2S. The van der Waals surface area contributed by atoms with E-state index < -0.39 is 9.84 Å². The van der Waals surface area contributed by atoms with E-state index >= 15 is 0 Å². The Morgan fingerprint density at radius 1 is 1.20 bits per heavy atom. The van der Waals surface area contributed by atoms with Gasteiger partial charge in [0.1, 0.15) is 0 Å². The Morgan fingerprint density at radius 3 is 2.13 bits per heavy atom. The van der Waals surface area contributed by atoms with Crippen LogP contribution in [0.5, 0.6) is 0 Å². The number of hydrogen-bond donors (Lipinski definition) is 1. The molecule has 0 radical (unpaired) electrons. The van der Waals surface area contributed by atoms with Gasteiger partial charge in [0.25, 0.3) is 0 Å². The molecule has 0 fully saturated rings. The molecule has 0 heterocycles. The molecule has 2 atom stereocenters. The first-order valence-electron chi connectivity index (χ1n) is 5.78. The molecule has 15 heavy (non-hydrogen) atoms. The predicted octanol–water partition coefficient (Wildman–Crippen LogP) is 1.96. The first kappa shape index (κ1) is 14.9. The predicted molar refractivity (Wildman–Crippen MR) is 65.6 cm³/mol. The minimum Gasteiger partial charge on any atom is -0.328 e. The smallest absolute Gasteiger partial charge is 0.153 e. The Morgan fingerprint density at radius 2 is 1.73 bits per heavy atom. The van der Waals surface area contributed by atoms with Crippen LogP contribution < -0.4 is 5.73 Å². The van der Waals surface area contributed by atoms with Gasteiger partial charge in [-0.15, -0.1) is 0 Å². The Hall–Kier alpha value is -0.0900. The molecule has 0 aliphatic heterocycles. The highest BCUT2D eigenvalue weighted by Gasteiger charge is 2.23. The summed E-state index contributed by atoms with van der Waals surface area (Å²) in [6.07, 6.45) is 2.41. The highest BCUT2D eigenvalue weighted by Crippen LogP contribution is 2.14. The third kappa shape index (κ3) is 5.52. The molecule has 2 unspecified atom stereocenters. The van der Waals surface area contributed by atoms with Crippen molar-refractivity contribution in [1.29, 1.82) is 0 Å². The monoisotopic (exact) mass is 235 g/mol. The van der Waals surface area contributed by atoms with E-state index in [1.165, 1.54) is 0 Å². The van der Waals surface area contributed by atoms with Gasteiger partial charge >= 0.3 is 0 Å². The van der Waals surface area contributed by atoms with Gasteiger partial charge in [-0.2, -0.15) is 0 Å². The van der Waals surface area contributed by atoms with Crippen molar-refractivity contribution in [2.75, 3.05) is 5.75 Å². The van der Waals surface area contributed by atoms with E-state index in [0.29, 0.717) is 6.42 Å². The van der Waals surface area contributed by atoms with Crippen molar-refractivity contribution in [2.24, 2.45) is 11.7 Å². The maximum atomic E-state index is 11.8. The highest BCUT2D eigenvalue weighted by atomic mass is 32.2. The van der Waals surface area contributed by atoms with Gasteiger partial charge in [-0.3, -0.25) is 0 Å². The summed E-state index contributed by atoms with van der Waals surface area (Å²) in [7, 11) is -2.92. The fourth-order valence-electron chi connectivity index (χ4n) is 1.35. The third-order valence-corrected chi connectivity index (χ3v) is 5.57. The van der Waals surface area contributed by atoms with Crippen LogP contribution in [0.2, 0.25) is 0 Å². The van der Waals surface area contributed by atoms with Crippen LogP contribution >= 0.6 is 0 Å². The number of rotatable bonds is 7. The second kappa shape index (κ2) is 6.48. The van der Waals surface area contributed by atoms with Gasteiger partial charge in [0.2, 0.25) is 0 Å². The van der Waals surface area contributed by atoms with Crippen LogP contribution in [0.15, 0.2) is 0 Å². The van der Waals surface area contributed by atoms with Crippen molar-refractivity contribution in [1.82, 2.24) is 0 Å². The van der Waals surface area contributed by atoms with E-state index in [4.69, 9.17) is 5.73 Å². The minimum absolute atomic E-state index is 0.148. The molecule has 3 nitrogen and oxygen atoms in total. The van der Waals surface area contributed by atoms with Gasteiger partial charge in [0.15, 0.2) is 9.84 Å². The summed E-state index contributed by atoms with van der Waals surface area (Å²) in [5.41, 5.74) is 5.74. The van der Waals surface area contributed by atoms with Gasteiger partial charge in [0, 0.05) is 6.04 Å². The maximum Gasteiger partial charge on any atom is 0.153 e. The quantitative estimate of drug-likeness (QED) is 0.734. The van der Waals surface area contributed by atoms with Crippen LogP contribution in [-0.2, 0) is 9.84 Å². The minimum atomic E-state index is -2.92. The zero-order valence-electron chi connectivity index (χ0n) is 10.4. The summed E-state index contributed by atoms with van der Waals surface area (Å²) in [5, 5.41) is -0.240. The van der Waals surface area contributed by atoms with Crippen molar-refractivity contribution in [3.05, 3.63) is 0 Å². The lowest BCUT2D eigenvalue weighted by Gasteiger charge is -2.16. The second-order valence-electron chi connectivity index (χ2n) is 4.63. The molecule has 0 spiro atoms. The van der Waals surface area contributed by atoms with Gasteiger partial charge in [-0.25, -0.2) is 8.42 Å². The molecule has 0 amide bonds. The largest absolute Gasteiger partial charge is 0.328 e.